The Labute approximate surface area is 323 Å². The molecule has 0 fully saturated rings. The van der Waals surface area contributed by atoms with Crippen molar-refractivity contribution in [3.05, 3.63) is 204 Å². The van der Waals surface area contributed by atoms with Crippen LogP contribution in [0.2, 0.25) is 0 Å². The van der Waals surface area contributed by atoms with E-state index in [0.29, 0.717) is 0 Å². The maximum Gasteiger partial charge on any atom is 0.0544 e. The minimum Gasteiger partial charge on any atom is -0.310 e. The van der Waals surface area contributed by atoms with Crippen LogP contribution >= 0.6 is 0 Å². The van der Waals surface area contributed by atoms with E-state index in [-0.39, 0.29) is 5.41 Å². The van der Waals surface area contributed by atoms with Crippen LogP contribution in [0, 0.1) is 13.8 Å². The summed E-state index contributed by atoms with van der Waals surface area (Å²) in [5.41, 5.74) is 19.8. The second kappa shape index (κ2) is 12.7. The molecule has 1 aromatic heterocycles. The monoisotopic (exact) mass is 706 g/mol. The third-order valence-electron chi connectivity index (χ3n) is 11.9. The first kappa shape index (κ1) is 33.0. The van der Waals surface area contributed by atoms with Crippen molar-refractivity contribution >= 4 is 38.9 Å². The number of para-hydroxylation sites is 1. The number of nitrogens with zero attached hydrogens (tertiary/aromatic N) is 2. The molecular formula is C53H42N2. The molecule has 10 rings (SSSR count). The molecule has 2 nitrogen and oxygen atoms in total. The number of hydrogen-bond acceptors (Lipinski definition) is 1. The van der Waals surface area contributed by atoms with Gasteiger partial charge in [-0.3, -0.25) is 0 Å². The SMILES string of the molecule is Cc1ccccc1-c1cc2c3cc(N(c4ccc(-c5ccccc5)cc4)c4ccc5c(c4)C(C)(C)c4ccccc4-5)ccc3n(-c3ccccc3)c2cc1C. The number of hydrogen-bond donors (Lipinski definition) is 0. The minimum absolute atomic E-state index is 0.109. The van der Waals surface area contributed by atoms with Crippen molar-refractivity contribution in [2.24, 2.45) is 0 Å². The Hall–Kier alpha value is -6.64. The van der Waals surface area contributed by atoms with E-state index >= 15 is 0 Å². The number of fused-ring (bicyclic) bond motifs is 6. The van der Waals surface area contributed by atoms with Gasteiger partial charge in [-0.2, -0.15) is 0 Å². The third kappa shape index (κ3) is 5.32. The topological polar surface area (TPSA) is 8.17 Å². The van der Waals surface area contributed by atoms with Crippen molar-refractivity contribution in [2.75, 3.05) is 4.90 Å². The average Bonchev–Trinajstić information content (AvgIpc) is 3.65. The fraction of sp³-hybridized carbons (Fsp3) is 0.0943. The Balaban J connectivity index is 1.21. The van der Waals surface area contributed by atoms with Crippen LogP contribution in [0.5, 0.6) is 0 Å². The number of aryl methyl sites for hydroxylation is 2. The quantitative estimate of drug-likeness (QED) is 0.167. The first-order chi connectivity index (χ1) is 26.9. The number of benzene rings is 8. The maximum absolute atomic E-state index is 2.44. The lowest BCUT2D eigenvalue weighted by Crippen LogP contribution is -2.16. The third-order valence-corrected chi connectivity index (χ3v) is 11.9. The lowest BCUT2D eigenvalue weighted by molar-refractivity contribution is 0.660. The maximum atomic E-state index is 2.44. The van der Waals surface area contributed by atoms with E-state index in [1.165, 1.54) is 77.4 Å². The van der Waals surface area contributed by atoms with Crippen molar-refractivity contribution in [1.82, 2.24) is 4.57 Å². The van der Waals surface area contributed by atoms with Crippen LogP contribution in [0.1, 0.15) is 36.1 Å². The smallest absolute Gasteiger partial charge is 0.0544 e. The van der Waals surface area contributed by atoms with E-state index in [1.54, 1.807) is 0 Å². The van der Waals surface area contributed by atoms with Crippen LogP contribution in [-0.2, 0) is 5.41 Å². The summed E-state index contributed by atoms with van der Waals surface area (Å²) < 4.78 is 2.43. The Morgan fingerprint density at radius 3 is 1.75 bits per heavy atom. The lowest BCUT2D eigenvalue weighted by Gasteiger charge is -2.28. The van der Waals surface area contributed by atoms with E-state index in [4.69, 9.17) is 0 Å². The van der Waals surface area contributed by atoms with Crippen LogP contribution < -0.4 is 4.90 Å². The normalized spacial score (nSPS) is 12.9. The summed E-state index contributed by atoms with van der Waals surface area (Å²) in [7, 11) is 0. The molecule has 264 valence electrons. The van der Waals surface area contributed by atoms with Crippen molar-refractivity contribution < 1.29 is 0 Å². The molecule has 8 aromatic carbocycles. The first-order valence-electron chi connectivity index (χ1n) is 19.3. The van der Waals surface area contributed by atoms with E-state index in [1.807, 2.05) is 0 Å². The summed E-state index contributed by atoms with van der Waals surface area (Å²) in [6.45, 7) is 9.17. The summed E-state index contributed by atoms with van der Waals surface area (Å²) in [6, 6.07) is 67.0. The van der Waals surface area contributed by atoms with Gasteiger partial charge < -0.3 is 9.47 Å². The van der Waals surface area contributed by atoms with Gasteiger partial charge in [-0.15, -0.1) is 0 Å². The van der Waals surface area contributed by atoms with Crippen LogP contribution in [-0.4, -0.2) is 4.57 Å². The number of aromatic nitrogens is 1. The van der Waals surface area contributed by atoms with Crippen LogP contribution in [0.4, 0.5) is 17.1 Å². The van der Waals surface area contributed by atoms with Gasteiger partial charge in [0.05, 0.1) is 11.0 Å². The van der Waals surface area contributed by atoms with Gasteiger partial charge >= 0.3 is 0 Å². The molecule has 0 spiro atoms. The van der Waals surface area contributed by atoms with Gasteiger partial charge in [-0.05, 0) is 136 Å². The molecule has 0 unspecified atom stereocenters. The standard InChI is InChI=1S/C53H42N2/c1-35-15-11-12-20-43(35)46-34-48-47-32-41(28-30-51(47)55(52(48)31-36(46)2)39-18-9-6-10-19-39)54(40-25-23-38(24-26-40)37-16-7-5-8-17-37)42-27-29-45-44-21-13-14-22-49(44)53(3,4)50(45)33-42/h5-34H,1-4H3. The van der Waals surface area contributed by atoms with Crippen molar-refractivity contribution in [3.63, 3.8) is 0 Å². The van der Waals surface area contributed by atoms with E-state index < -0.39 is 0 Å². The molecule has 1 aliphatic carbocycles. The predicted molar refractivity (Wildman–Crippen MR) is 233 cm³/mol. The summed E-state index contributed by atoms with van der Waals surface area (Å²) in [4.78, 5) is 2.44. The summed E-state index contributed by atoms with van der Waals surface area (Å²) >= 11 is 0. The zero-order valence-electron chi connectivity index (χ0n) is 31.7. The van der Waals surface area contributed by atoms with Gasteiger partial charge in [-0.25, -0.2) is 0 Å². The highest BCUT2D eigenvalue weighted by atomic mass is 15.1. The van der Waals surface area contributed by atoms with Crippen LogP contribution in [0.15, 0.2) is 182 Å². The second-order valence-electron chi connectivity index (χ2n) is 15.5. The fourth-order valence-electron chi connectivity index (χ4n) is 9.03. The molecule has 0 amide bonds. The molecule has 0 N–H and O–H groups in total. The van der Waals surface area contributed by atoms with Crippen molar-refractivity contribution in [3.8, 4) is 39.1 Å². The average molecular weight is 707 g/mol. The lowest BCUT2D eigenvalue weighted by atomic mass is 9.82. The highest BCUT2D eigenvalue weighted by Gasteiger charge is 2.35. The van der Waals surface area contributed by atoms with E-state index in [0.717, 1.165) is 22.7 Å². The summed E-state index contributed by atoms with van der Waals surface area (Å²) in [5.74, 6) is 0. The zero-order chi connectivity index (χ0) is 37.3. The molecule has 0 radical (unpaired) electrons. The molecule has 1 heterocycles. The molecule has 0 atom stereocenters. The molecule has 0 aliphatic heterocycles. The number of anilines is 3. The van der Waals surface area contributed by atoms with E-state index in [2.05, 4.69) is 219 Å². The largest absolute Gasteiger partial charge is 0.310 e. The molecule has 55 heavy (non-hydrogen) atoms. The van der Waals surface area contributed by atoms with Gasteiger partial charge in [0, 0.05) is 38.9 Å². The molecular weight excluding hydrogens is 665 g/mol. The Morgan fingerprint density at radius 2 is 0.982 bits per heavy atom. The summed E-state index contributed by atoms with van der Waals surface area (Å²) in [6.07, 6.45) is 0. The molecule has 0 saturated carbocycles. The van der Waals surface area contributed by atoms with Gasteiger partial charge in [0.15, 0.2) is 0 Å². The molecule has 9 aromatic rings. The van der Waals surface area contributed by atoms with E-state index in [9.17, 15) is 0 Å². The fourth-order valence-corrected chi connectivity index (χ4v) is 9.03. The molecule has 0 bridgehead atoms. The van der Waals surface area contributed by atoms with Gasteiger partial charge in [-0.1, -0.05) is 129 Å². The zero-order valence-corrected chi connectivity index (χ0v) is 31.7. The van der Waals surface area contributed by atoms with Crippen LogP contribution in [0.3, 0.4) is 0 Å². The second-order valence-corrected chi connectivity index (χ2v) is 15.5. The Morgan fingerprint density at radius 1 is 0.400 bits per heavy atom. The van der Waals surface area contributed by atoms with Gasteiger partial charge in [0.2, 0.25) is 0 Å². The Bertz CT molecular complexity index is 2900. The molecule has 1 aliphatic rings. The predicted octanol–water partition coefficient (Wildman–Crippen LogP) is 14.5. The Kier molecular flexibility index (Phi) is 7.64. The summed E-state index contributed by atoms with van der Waals surface area (Å²) in [5, 5.41) is 2.47. The minimum atomic E-state index is -0.109. The van der Waals surface area contributed by atoms with Gasteiger partial charge in [0.25, 0.3) is 0 Å². The number of rotatable bonds is 6. The van der Waals surface area contributed by atoms with Crippen LogP contribution in [0.25, 0.3) is 60.9 Å². The highest BCUT2D eigenvalue weighted by Crippen LogP contribution is 2.51. The molecule has 0 saturated heterocycles. The van der Waals surface area contributed by atoms with Crippen molar-refractivity contribution in [2.45, 2.75) is 33.1 Å². The first-order valence-corrected chi connectivity index (χ1v) is 19.3. The van der Waals surface area contributed by atoms with Crippen molar-refractivity contribution in [1.29, 1.82) is 0 Å². The highest BCUT2D eigenvalue weighted by molar-refractivity contribution is 6.12. The van der Waals surface area contributed by atoms with Gasteiger partial charge in [0.1, 0.15) is 0 Å². The molecule has 2 heteroatoms.